The third-order valence-electron chi connectivity index (χ3n) is 3.75. The molecule has 7 heteroatoms. The second kappa shape index (κ2) is 6.84. The van der Waals surface area contributed by atoms with Crippen LogP contribution in [0.5, 0.6) is 0 Å². The molecule has 0 amide bonds. The Morgan fingerprint density at radius 1 is 1.15 bits per heavy atom. The van der Waals surface area contributed by atoms with E-state index in [0.717, 1.165) is 19.3 Å². The Balaban J connectivity index is 2.05. The summed E-state index contributed by atoms with van der Waals surface area (Å²) >= 11 is 17.5. The van der Waals surface area contributed by atoms with Crippen molar-refractivity contribution in [2.45, 2.75) is 24.2 Å². The van der Waals surface area contributed by atoms with Crippen LogP contribution in [0.25, 0.3) is 0 Å². The van der Waals surface area contributed by atoms with Gasteiger partial charge in [0.15, 0.2) is 0 Å². The number of benzene rings is 1. The quantitative estimate of drug-likeness (QED) is 0.813. The first-order valence-electron chi connectivity index (χ1n) is 6.44. The average molecular weight is 357 g/mol. The number of alkyl halides is 1. The Kier molecular flexibility index (Phi) is 5.60. The molecule has 1 aromatic carbocycles. The lowest BCUT2D eigenvalue weighted by Crippen LogP contribution is -2.31. The van der Waals surface area contributed by atoms with E-state index >= 15 is 0 Å². The highest BCUT2D eigenvalue weighted by atomic mass is 35.5. The fourth-order valence-corrected chi connectivity index (χ4v) is 4.42. The number of sulfonamides is 1. The van der Waals surface area contributed by atoms with Crippen LogP contribution in [0.2, 0.25) is 10.0 Å². The minimum atomic E-state index is -3.55. The Bertz CT molecular complexity index is 577. The fourth-order valence-electron chi connectivity index (χ4n) is 2.53. The third-order valence-corrected chi connectivity index (χ3v) is 6.31. The molecule has 1 N–H and O–H groups in total. The molecule has 0 radical (unpaired) electrons. The fraction of sp³-hybridized carbons (Fsp3) is 0.538. The van der Waals surface area contributed by atoms with Gasteiger partial charge in [0.05, 0.1) is 14.9 Å². The van der Waals surface area contributed by atoms with E-state index in [-0.39, 0.29) is 9.92 Å². The van der Waals surface area contributed by atoms with Crippen molar-refractivity contribution in [3.05, 3.63) is 28.2 Å². The highest BCUT2D eigenvalue weighted by Crippen LogP contribution is 2.32. The van der Waals surface area contributed by atoms with Gasteiger partial charge in [0.2, 0.25) is 10.0 Å². The van der Waals surface area contributed by atoms with Crippen molar-refractivity contribution in [2.24, 2.45) is 11.8 Å². The zero-order valence-corrected chi connectivity index (χ0v) is 13.9. The molecule has 0 spiro atoms. The van der Waals surface area contributed by atoms with E-state index in [9.17, 15) is 8.42 Å². The highest BCUT2D eigenvalue weighted by molar-refractivity contribution is 7.89. The molecular formula is C13H16Cl3NO2S. The number of hydrogen-bond donors (Lipinski definition) is 1. The molecule has 1 aromatic rings. The van der Waals surface area contributed by atoms with E-state index in [1.165, 1.54) is 18.2 Å². The molecule has 1 aliphatic carbocycles. The summed E-state index contributed by atoms with van der Waals surface area (Å²) in [6.07, 6.45) is 3.19. The molecule has 2 rings (SSSR count). The summed E-state index contributed by atoms with van der Waals surface area (Å²) < 4.78 is 27.0. The molecule has 2 unspecified atom stereocenters. The van der Waals surface area contributed by atoms with Crippen LogP contribution in [0, 0.1) is 11.8 Å². The lowest BCUT2D eigenvalue weighted by molar-refractivity contribution is 0.418. The van der Waals surface area contributed by atoms with Crippen molar-refractivity contribution in [3.63, 3.8) is 0 Å². The molecule has 112 valence electrons. The zero-order valence-electron chi connectivity index (χ0n) is 10.8. The van der Waals surface area contributed by atoms with E-state index in [1.807, 2.05) is 0 Å². The van der Waals surface area contributed by atoms with E-state index in [1.54, 1.807) is 0 Å². The summed E-state index contributed by atoms with van der Waals surface area (Å²) in [7, 11) is -3.55. The molecule has 0 bridgehead atoms. The molecule has 1 saturated carbocycles. The standard InChI is InChI=1S/C13H16Cl3NO2S/c14-7-9-2-1-3-10(9)8-17-20(18,19)11-4-5-12(15)13(16)6-11/h4-6,9-10,17H,1-3,7-8H2. The lowest BCUT2D eigenvalue weighted by atomic mass is 9.98. The Hall–Kier alpha value is -0.000000000000000111. The van der Waals surface area contributed by atoms with Gasteiger partial charge >= 0.3 is 0 Å². The predicted molar refractivity (Wildman–Crippen MR) is 83.2 cm³/mol. The third kappa shape index (κ3) is 3.80. The highest BCUT2D eigenvalue weighted by Gasteiger charge is 2.28. The van der Waals surface area contributed by atoms with Crippen LogP contribution in [0.15, 0.2) is 23.1 Å². The Morgan fingerprint density at radius 2 is 1.85 bits per heavy atom. The van der Waals surface area contributed by atoms with Gasteiger partial charge < -0.3 is 0 Å². The van der Waals surface area contributed by atoms with Crippen LogP contribution >= 0.6 is 34.8 Å². The maximum atomic E-state index is 12.2. The van der Waals surface area contributed by atoms with Crippen LogP contribution in [0.4, 0.5) is 0 Å². The van der Waals surface area contributed by atoms with Crippen molar-refractivity contribution < 1.29 is 8.42 Å². The summed E-state index contributed by atoms with van der Waals surface area (Å²) in [5.74, 6) is 1.29. The van der Waals surface area contributed by atoms with Crippen molar-refractivity contribution in [3.8, 4) is 0 Å². The summed E-state index contributed by atoms with van der Waals surface area (Å²) in [4.78, 5) is 0.132. The normalized spacial score (nSPS) is 23.1. The zero-order chi connectivity index (χ0) is 14.8. The Labute approximate surface area is 134 Å². The predicted octanol–water partition coefficient (Wildman–Crippen LogP) is 3.93. The molecule has 1 aliphatic rings. The first kappa shape index (κ1) is 16.4. The van der Waals surface area contributed by atoms with E-state index in [2.05, 4.69) is 4.72 Å². The van der Waals surface area contributed by atoms with Crippen LogP contribution in [0.1, 0.15) is 19.3 Å². The molecule has 20 heavy (non-hydrogen) atoms. The molecule has 2 atom stereocenters. The largest absolute Gasteiger partial charge is 0.240 e. The van der Waals surface area contributed by atoms with Gasteiger partial charge in [-0.25, -0.2) is 13.1 Å². The van der Waals surface area contributed by atoms with Gasteiger partial charge in [-0.2, -0.15) is 0 Å². The minimum absolute atomic E-state index is 0.132. The van der Waals surface area contributed by atoms with E-state index in [4.69, 9.17) is 34.8 Å². The van der Waals surface area contributed by atoms with Gasteiger partial charge in [0, 0.05) is 12.4 Å². The minimum Gasteiger partial charge on any atom is -0.211 e. The molecule has 0 aromatic heterocycles. The lowest BCUT2D eigenvalue weighted by Gasteiger charge is -2.17. The van der Waals surface area contributed by atoms with Crippen molar-refractivity contribution in [2.75, 3.05) is 12.4 Å². The van der Waals surface area contributed by atoms with E-state index < -0.39 is 10.0 Å². The van der Waals surface area contributed by atoms with Crippen molar-refractivity contribution >= 4 is 44.8 Å². The number of rotatable bonds is 5. The van der Waals surface area contributed by atoms with Crippen molar-refractivity contribution in [1.82, 2.24) is 4.72 Å². The van der Waals surface area contributed by atoms with Gasteiger partial charge in [0.25, 0.3) is 0 Å². The first-order valence-corrected chi connectivity index (χ1v) is 9.22. The van der Waals surface area contributed by atoms with Crippen LogP contribution in [-0.4, -0.2) is 20.8 Å². The van der Waals surface area contributed by atoms with Crippen molar-refractivity contribution in [1.29, 1.82) is 0 Å². The first-order chi connectivity index (χ1) is 9.44. The Morgan fingerprint density at radius 3 is 2.50 bits per heavy atom. The summed E-state index contributed by atoms with van der Waals surface area (Å²) in [6.45, 7) is 0.417. The topological polar surface area (TPSA) is 46.2 Å². The second-order valence-corrected chi connectivity index (χ2v) is 7.92. The summed E-state index contributed by atoms with van der Waals surface area (Å²) in [5, 5.41) is 0.567. The van der Waals surface area contributed by atoms with Gasteiger partial charge in [-0.3, -0.25) is 0 Å². The molecule has 1 fully saturated rings. The maximum Gasteiger partial charge on any atom is 0.240 e. The van der Waals surface area contributed by atoms with Gasteiger partial charge in [-0.15, -0.1) is 11.6 Å². The van der Waals surface area contributed by atoms with Crippen LogP contribution in [0.3, 0.4) is 0 Å². The average Bonchev–Trinajstić information content (AvgIpc) is 2.87. The van der Waals surface area contributed by atoms with Gasteiger partial charge in [0.1, 0.15) is 0 Å². The molecule has 0 heterocycles. The molecule has 0 saturated heterocycles. The number of halogens is 3. The smallest absolute Gasteiger partial charge is 0.211 e. The van der Waals surface area contributed by atoms with E-state index in [0.29, 0.717) is 29.3 Å². The monoisotopic (exact) mass is 355 g/mol. The summed E-state index contributed by atoms with van der Waals surface area (Å²) in [6, 6.07) is 4.29. The number of nitrogens with one attached hydrogen (secondary N) is 1. The molecular weight excluding hydrogens is 341 g/mol. The van der Waals surface area contributed by atoms with Crippen LogP contribution in [-0.2, 0) is 10.0 Å². The molecule has 0 aliphatic heterocycles. The SMILES string of the molecule is O=S(=O)(NCC1CCCC1CCl)c1ccc(Cl)c(Cl)c1. The van der Waals surface area contributed by atoms with Gasteiger partial charge in [-0.05, 0) is 42.9 Å². The summed E-state index contributed by atoms with van der Waals surface area (Å²) in [5.41, 5.74) is 0. The van der Waals surface area contributed by atoms with Gasteiger partial charge in [-0.1, -0.05) is 29.6 Å². The maximum absolute atomic E-state index is 12.2. The van der Waals surface area contributed by atoms with Crippen LogP contribution < -0.4 is 4.72 Å². The molecule has 3 nitrogen and oxygen atoms in total. The second-order valence-electron chi connectivity index (χ2n) is 5.03. The number of hydrogen-bond acceptors (Lipinski definition) is 2.